The molecule has 0 radical (unpaired) electrons. The van der Waals surface area contributed by atoms with Crippen LogP contribution in [0.2, 0.25) is 0 Å². The van der Waals surface area contributed by atoms with Gasteiger partial charge in [0, 0.05) is 6.07 Å². The average Bonchev–Trinajstić information content (AvgIpc) is 2.86. The molecule has 0 unspecified atom stereocenters. The zero-order chi connectivity index (χ0) is 13.7. The third kappa shape index (κ3) is 3.51. The van der Waals surface area contributed by atoms with Gasteiger partial charge in [0.1, 0.15) is 23.9 Å². The molecule has 0 saturated carbocycles. The predicted molar refractivity (Wildman–Crippen MR) is 67.6 cm³/mol. The summed E-state index contributed by atoms with van der Waals surface area (Å²) in [4.78, 5) is 10.7. The van der Waals surface area contributed by atoms with Crippen LogP contribution in [0, 0.1) is 0 Å². The maximum atomic E-state index is 10.7. The third-order valence-electron chi connectivity index (χ3n) is 2.37. The number of aromatic carboxylic acids is 1. The molecule has 0 aliphatic heterocycles. The van der Waals surface area contributed by atoms with E-state index in [9.17, 15) is 4.79 Å². The van der Waals surface area contributed by atoms with E-state index in [1.807, 2.05) is 19.1 Å². The van der Waals surface area contributed by atoms with Gasteiger partial charge in [-0.25, -0.2) is 4.79 Å². The SMILES string of the molecule is CCOc1cccc(OCc2ccc(C(=O)O)o2)c1. The molecule has 1 heterocycles. The summed E-state index contributed by atoms with van der Waals surface area (Å²) in [7, 11) is 0. The smallest absolute Gasteiger partial charge is 0.371 e. The number of hydrogen-bond acceptors (Lipinski definition) is 4. The quantitative estimate of drug-likeness (QED) is 0.866. The Labute approximate surface area is 110 Å². The van der Waals surface area contributed by atoms with Crippen molar-refractivity contribution < 1.29 is 23.8 Å². The van der Waals surface area contributed by atoms with Gasteiger partial charge in [0.25, 0.3) is 0 Å². The number of carboxylic acids is 1. The molecule has 0 spiro atoms. The first-order valence-corrected chi connectivity index (χ1v) is 5.86. The van der Waals surface area contributed by atoms with E-state index < -0.39 is 5.97 Å². The van der Waals surface area contributed by atoms with Crippen molar-refractivity contribution in [2.75, 3.05) is 6.61 Å². The summed E-state index contributed by atoms with van der Waals surface area (Å²) in [6.07, 6.45) is 0. The Morgan fingerprint density at radius 3 is 2.58 bits per heavy atom. The number of furan rings is 1. The van der Waals surface area contributed by atoms with Crippen molar-refractivity contribution >= 4 is 5.97 Å². The lowest BCUT2D eigenvalue weighted by Crippen LogP contribution is -1.96. The van der Waals surface area contributed by atoms with Gasteiger partial charge >= 0.3 is 5.97 Å². The van der Waals surface area contributed by atoms with Gasteiger partial charge in [0.05, 0.1) is 6.61 Å². The van der Waals surface area contributed by atoms with Crippen LogP contribution in [0.15, 0.2) is 40.8 Å². The molecular weight excluding hydrogens is 248 g/mol. The minimum Gasteiger partial charge on any atom is -0.494 e. The molecule has 0 fully saturated rings. The molecular formula is C14H14O5. The maximum absolute atomic E-state index is 10.7. The van der Waals surface area contributed by atoms with Crippen molar-refractivity contribution in [1.29, 1.82) is 0 Å². The first-order chi connectivity index (χ1) is 9.19. The van der Waals surface area contributed by atoms with E-state index in [2.05, 4.69) is 0 Å². The van der Waals surface area contributed by atoms with E-state index in [1.54, 1.807) is 18.2 Å². The Bertz CT molecular complexity index is 558. The van der Waals surface area contributed by atoms with Gasteiger partial charge in [-0.05, 0) is 31.2 Å². The number of carbonyl (C=O) groups is 1. The van der Waals surface area contributed by atoms with Crippen LogP contribution >= 0.6 is 0 Å². The zero-order valence-corrected chi connectivity index (χ0v) is 10.5. The fraction of sp³-hybridized carbons (Fsp3) is 0.214. The van der Waals surface area contributed by atoms with E-state index >= 15 is 0 Å². The van der Waals surface area contributed by atoms with Gasteiger partial charge in [-0.3, -0.25) is 0 Å². The van der Waals surface area contributed by atoms with E-state index in [-0.39, 0.29) is 12.4 Å². The second-order valence-electron chi connectivity index (χ2n) is 3.77. The van der Waals surface area contributed by atoms with Crippen LogP contribution in [0.25, 0.3) is 0 Å². The van der Waals surface area contributed by atoms with E-state index in [1.165, 1.54) is 6.07 Å². The highest BCUT2D eigenvalue weighted by molar-refractivity contribution is 5.84. The number of rotatable bonds is 6. The molecule has 0 atom stereocenters. The van der Waals surface area contributed by atoms with Crippen LogP contribution in [0.4, 0.5) is 0 Å². The highest BCUT2D eigenvalue weighted by Crippen LogP contribution is 2.20. The number of ether oxygens (including phenoxy) is 2. The molecule has 0 aliphatic rings. The van der Waals surface area contributed by atoms with Gasteiger partial charge in [-0.2, -0.15) is 0 Å². The van der Waals surface area contributed by atoms with Gasteiger partial charge in [-0.1, -0.05) is 6.07 Å². The summed E-state index contributed by atoms with van der Waals surface area (Å²) in [6.45, 7) is 2.66. The van der Waals surface area contributed by atoms with Gasteiger partial charge in [0.15, 0.2) is 0 Å². The lowest BCUT2D eigenvalue weighted by atomic mass is 10.3. The molecule has 0 bridgehead atoms. The van der Waals surface area contributed by atoms with Crippen LogP contribution in [-0.4, -0.2) is 17.7 Å². The van der Waals surface area contributed by atoms with Crippen molar-refractivity contribution in [1.82, 2.24) is 0 Å². The number of benzene rings is 1. The largest absolute Gasteiger partial charge is 0.494 e. The van der Waals surface area contributed by atoms with E-state index in [0.29, 0.717) is 18.1 Å². The molecule has 100 valence electrons. The lowest BCUT2D eigenvalue weighted by molar-refractivity contribution is 0.0658. The van der Waals surface area contributed by atoms with Crippen molar-refractivity contribution in [2.24, 2.45) is 0 Å². The number of hydrogen-bond donors (Lipinski definition) is 1. The highest BCUT2D eigenvalue weighted by atomic mass is 16.5. The maximum Gasteiger partial charge on any atom is 0.371 e. The monoisotopic (exact) mass is 262 g/mol. The Balaban J connectivity index is 1.97. The fourth-order valence-electron chi connectivity index (χ4n) is 1.55. The summed E-state index contributed by atoms with van der Waals surface area (Å²) in [5, 5.41) is 8.73. The Hall–Kier alpha value is -2.43. The lowest BCUT2D eigenvalue weighted by Gasteiger charge is -2.07. The van der Waals surface area contributed by atoms with Crippen LogP contribution in [0.1, 0.15) is 23.2 Å². The van der Waals surface area contributed by atoms with E-state index in [4.69, 9.17) is 19.0 Å². The fourth-order valence-corrected chi connectivity index (χ4v) is 1.55. The molecule has 0 aliphatic carbocycles. The molecule has 0 amide bonds. The first kappa shape index (κ1) is 13.0. The standard InChI is InChI=1S/C14H14O5/c1-2-17-10-4-3-5-11(8-10)18-9-12-6-7-13(19-12)14(15)16/h3-8H,2,9H2,1H3,(H,15,16). The number of carboxylic acid groups (broad SMARTS) is 1. The summed E-state index contributed by atoms with van der Waals surface area (Å²) in [6, 6.07) is 10.2. The molecule has 1 aromatic carbocycles. The van der Waals surface area contributed by atoms with Crippen LogP contribution in [-0.2, 0) is 6.61 Å². The zero-order valence-electron chi connectivity index (χ0n) is 10.5. The van der Waals surface area contributed by atoms with Crippen molar-refractivity contribution in [2.45, 2.75) is 13.5 Å². The first-order valence-electron chi connectivity index (χ1n) is 5.86. The van der Waals surface area contributed by atoms with Gasteiger partial charge < -0.3 is 19.0 Å². The summed E-state index contributed by atoms with van der Waals surface area (Å²) in [5.74, 6) is 0.635. The Morgan fingerprint density at radius 1 is 1.21 bits per heavy atom. The van der Waals surface area contributed by atoms with Gasteiger partial charge in [0.2, 0.25) is 5.76 Å². The molecule has 1 aromatic heterocycles. The van der Waals surface area contributed by atoms with Crippen molar-refractivity contribution in [3.8, 4) is 11.5 Å². The molecule has 2 rings (SSSR count). The molecule has 1 N–H and O–H groups in total. The van der Waals surface area contributed by atoms with Crippen LogP contribution in [0.5, 0.6) is 11.5 Å². The van der Waals surface area contributed by atoms with Crippen LogP contribution < -0.4 is 9.47 Å². The second-order valence-corrected chi connectivity index (χ2v) is 3.77. The van der Waals surface area contributed by atoms with Crippen LogP contribution in [0.3, 0.4) is 0 Å². The summed E-state index contributed by atoms with van der Waals surface area (Å²) < 4.78 is 15.9. The molecule has 5 nitrogen and oxygen atoms in total. The summed E-state index contributed by atoms with van der Waals surface area (Å²) in [5.41, 5.74) is 0. The van der Waals surface area contributed by atoms with E-state index in [0.717, 1.165) is 5.75 Å². The normalized spacial score (nSPS) is 10.2. The molecule has 2 aromatic rings. The second kappa shape index (κ2) is 5.95. The highest BCUT2D eigenvalue weighted by Gasteiger charge is 2.09. The van der Waals surface area contributed by atoms with Crippen molar-refractivity contribution in [3.63, 3.8) is 0 Å². The topological polar surface area (TPSA) is 68.9 Å². The molecule has 5 heteroatoms. The Morgan fingerprint density at radius 2 is 1.95 bits per heavy atom. The minimum atomic E-state index is -1.09. The van der Waals surface area contributed by atoms with Crippen molar-refractivity contribution in [3.05, 3.63) is 47.9 Å². The third-order valence-corrected chi connectivity index (χ3v) is 2.37. The average molecular weight is 262 g/mol. The molecule has 0 saturated heterocycles. The van der Waals surface area contributed by atoms with Gasteiger partial charge in [-0.15, -0.1) is 0 Å². The Kier molecular flexibility index (Phi) is 4.07. The minimum absolute atomic E-state index is 0.0957. The predicted octanol–water partition coefficient (Wildman–Crippen LogP) is 2.96. The molecule has 19 heavy (non-hydrogen) atoms. The summed E-state index contributed by atoms with van der Waals surface area (Å²) >= 11 is 0.